The molecule has 9 heteroatoms. The summed E-state index contributed by atoms with van der Waals surface area (Å²) in [7, 11) is -3.70. The summed E-state index contributed by atoms with van der Waals surface area (Å²) in [4.78, 5) is 10.4. The molecule has 1 unspecified atom stereocenters. The Balaban J connectivity index is 0.00000242. The Labute approximate surface area is 136 Å². The highest BCUT2D eigenvalue weighted by Gasteiger charge is 2.31. The molecule has 0 spiro atoms. The van der Waals surface area contributed by atoms with Gasteiger partial charge in [-0.15, -0.1) is 12.4 Å². The number of hydrogen-bond acceptors (Lipinski definition) is 5. The van der Waals surface area contributed by atoms with Gasteiger partial charge in [-0.05, 0) is 18.9 Å². The molecule has 22 heavy (non-hydrogen) atoms. The minimum atomic E-state index is -3.70. The molecule has 0 aliphatic carbocycles. The van der Waals surface area contributed by atoms with E-state index in [1.165, 1.54) is 22.5 Å². The number of non-ortho nitro benzene ring substituents is 1. The Kier molecular flexibility index (Phi) is 6.30. The van der Waals surface area contributed by atoms with Crippen LogP contribution in [0.5, 0.6) is 0 Å². The summed E-state index contributed by atoms with van der Waals surface area (Å²) in [6, 6.07) is 4.10. The maximum Gasteiger partial charge on any atom is 0.270 e. The van der Waals surface area contributed by atoms with Gasteiger partial charge in [0.25, 0.3) is 5.69 Å². The van der Waals surface area contributed by atoms with Crippen molar-refractivity contribution in [3.8, 4) is 0 Å². The van der Waals surface area contributed by atoms with E-state index in [0.29, 0.717) is 31.6 Å². The van der Waals surface area contributed by atoms with Crippen LogP contribution in [0.25, 0.3) is 0 Å². The molecule has 0 aromatic heterocycles. The molecule has 0 amide bonds. The molecule has 1 atom stereocenters. The first-order valence-electron chi connectivity index (χ1n) is 6.87. The average molecular weight is 350 g/mol. The van der Waals surface area contributed by atoms with Crippen molar-refractivity contribution >= 4 is 28.1 Å². The van der Waals surface area contributed by atoms with Crippen molar-refractivity contribution in [2.24, 2.45) is 0 Å². The van der Waals surface area contributed by atoms with Gasteiger partial charge in [-0.1, -0.05) is 13.0 Å². The van der Waals surface area contributed by atoms with Crippen LogP contribution >= 0.6 is 12.4 Å². The number of sulfonamides is 1. The molecule has 2 rings (SSSR count). The smallest absolute Gasteiger partial charge is 0.270 e. The van der Waals surface area contributed by atoms with Crippen LogP contribution < -0.4 is 5.32 Å². The van der Waals surface area contributed by atoms with E-state index in [0.717, 1.165) is 0 Å². The van der Waals surface area contributed by atoms with E-state index in [9.17, 15) is 18.5 Å². The summed E-state index contributed by atoms with van der Waals surface area (Å²) in [5.74, 6) is 0. The first-order valence-corrected chi connectivity index (χ1v) is 8.31. The second kappa shape index (κ2) is 7.36. The molecular weight excluding hydrogens is 330 g/mol. The fourth-order valence-corrected chi connectivity index (χ4v) is 4.29. The van der Waals surface area contributed by atoms with Crippen LogP contribution in [0.2, 0.25) is 0 Å². The number of hydrogen-bond donors (Lipinski definition) is 1. The van der Waals surface area contributed by atoms with Crippen LogP contribution in [-0.4, -0.2) is 43.3 Å². The Morgan fingerprint density at radius 3 is 2.68 bits per heavy atom. The molecule has 1 aliphatic rings. The fourth-order valence-electron chi connectivity index (χ4n) is 2.44. The van der Waals surface area contributed by atoms with Gasteiger partial charge in [-0.3, -0.25) is 10.1 Å². The highest BCUT2D eigenvalue weighted by molar-refractivity contribution is 7.89. The Hall–Kier alpha value is -1.22. The monoisotopic (exact) mass is 349 g/mol. The van der Waals surface area contributed by atoms with Crippen molar-refractivity contribution in [3.63, 3.8) is 0 Å². The van der Waals surface area contributed by atoms with Gasteiger partial charge in [-0.2, -0.15) is 4.31 Å². The Bertz CT molecular complexity index is 651. The summed E-state index contributed by atoms with van der Waals surface area (Å²) in [5, 5.41) is 14.1. The summed E-state index contributed by atoms with van der Waals surface area (Å²) < 4.78 is 26.9. The van der Waals surface area contributed by atoms with Gasteiger partial charge in [0.1, 0.15) is 0 Å². The molecule has 1 aromatic carbocycles. The molecule has 1 aliphatic heterocycles. The average Bonchev–Trinajstić information content (AvgIpc) is 2.46. The Morgan fingerprint density at radius 1 is 1.45 bits per heavy atom. The number of nitro benzene ring substituents is 1. The summed E-state index contributed by atoms with van der Waals surface area (Å²) in [6.45, 7) is 5.07. The lowest BCUT2D eigenvalue weighted by molar-refractivity contribution is -0.385. The number of benzene rings is 1. The van der Waals surface area contributed by atoms with Crippen LogP contribution in [0.4, 0.5) is 5.69 Å². The zero-order valence-corrected chi connectivity index (χ0v) is 14.1. The number of nitro groups is 1. The van der Waals surface area contributed by atoms with Crippen LogP contribution in [-0.2, 0) is 16.4 Å². The number of halogens is 1. The normalized spacial score (nSPS) is 19.5. The van der Waals surface area contributed by atoms with Gasteiger partial charge < -0.3 is 5.32 Å². The van der Waals surface area contributed by atoms with Crippen LogP contribution in [0, 0.1) is 10.1 Å². The number of rotatable bonds is 4. The van der Waals surface area contributed by atoms with Crippen LogP contribution in [0.1, 0.15) is 19.4 Å². The summed E-state index contributed by atoms with van der Waals surface area (Å²) in [5.41, 5.74) is 0.403. The van der Waals surface area contributed by atoms with Gasteiger partial charge in [-0.25, -0.2) is 8.42 Å². The first kappa shape index (κ1) is 18.8. The molecule has 1 heterocycles. The topological polar surface area (TPSA) is 92.5 Å². The molecule has 0 radical (unpaired) electrons. The van der Waals surface area contributed by atoms with Crippen molar-refractivity contribution in [1.82, 2.24) is 9.62 Å². The maximum absolute atomic E-state index is 12.8. The second-order valence-corrected chi connectivity index (χ2v) is 7.03. The lowest BCUT2D eigenvalue weighted by Gasteiger charge is -2.31. The van der Waals surface area contributed by atoms with Gasteiger partial charge in [0.15, 0.2) is 0 Å². The van der Waals surface area contributed by atoms with Crippen LogP contribution in [0.3, 0.4) is 0 Å². The standard InChI is InChI=1S/C13H19N3O4S.ClH/c1-3-11-4-5-12(16(17)18)8-13(11)21(19,20)15-7-6-14-10(2)9-15;/h4-5,8,10,14H,3,6-7,9H2,1-2H3;1H. The summed E-state index contributed by atoms with van der Waals surface area (Å²) >= 11 is 0. The molecule has 0 saturated carbocycles. The van der Waals surface area contributed by atoms with E-state index < -0.39 is 14.9 Å². The van der Waals surface area contributed by atoms with E-state index in [4.69, 9.17) is 0 Å². The predicted octanol–water partition coefficient (Wildman–Crippen LogP) is 1.56. The third-order valence-electron chi connectivity index (χ3n) is 3.59. The van der Waals surface area contributed by atoms with Gasteiger partial charge in [0, 0.05) is 37.8 Å². The zero-order chi connectivity index (χ0) is 15.6. The third-order valence-corrected chi connectivity index (χ3v) is 5.54. The van der Waals surface area contributed by atoms with E-state index in [1.54, 1.807) is 0 Å². The molecule has 1 N–H and O–H groups in total. The van der Waals surface area contributed by atoms with Gasteiger partial charge >= 0.3 is 0 Å². The van der Waals surface area contributed by atoms with Crippen LogP contribution in [0.15, 0.2) is 23.1 Å². The van der Waals surface area contributed by atoms with E-state index in [2.05, 4.69) is 5.32 Å². The minimum Gasteiger partial charge on any atom is -0.312 e. The first-order chi connectivity index (χ1) is 9.86. The van der Waals surface area contributed by atoms with E-state index in [1.807, 2.05) is 13.8 Å². The Morgan fingerprint density at radius 2 is 2.14 bits per heavy atom. The number of aryl methyl sites for hydroxylation is 1. The molecule has 1 fully saturated rings. The van der Waals surface area contributed by atoms with Crippen molar-refractivity contribution in [3.05, 3.63) is 33.9 Å². The number of nitrogens with one attached hydrogen (secondary N) is 1. The van der Waals surface area contributed by atoms with Crippen molar-refractivity contribution in [2.45, 2.75) is 31.2 Å². The highest BCUT2D eigenvalue weighted by atomic mass is 35.5. The minimum absolute atomic E-state index is 0. The molecule has 0 bridgehead atoms. The third kappa shape index (κ3) is 3.75. The molecule has 1 saturated heterocycles. The van der Waals surface area contributed by atoms with E-state index in [-0.39, 0.29) is 29.0 Å². The SMILES string of the molecule is CCc1ccc([N+](=O)[O-])cc1S(=O)(=O)N1CCNC(C)C1.Cl. The van der Waals surface area contributed by atoms with E-state index >= 15 is 0 Å². The molecule has 1 aromatic rings. The molecule has 124 valence electrons. The highest BCUT2D eigenvalue weighted by Crippen LogP contribution is 2.26. The molecule has 7 nitrogen and oxygen atoms in total. The predicted molar refractivity (Wildman–Crippen MR) is 85.9 cm³/mol. The van der Waals surface area contributed by atoms with Gasteiger partial charge in [0.2, 0.25) is 10.0 Å². The largest absolute Gasteiger partial charge is 0.312 e. The quantitative estimate of drug-likeness (QED) is 0.657. The van der Waals surface area contributed by atoms with Gasteiger partial charge in [0.05, 0.1) is 9.82 Å². The summed E-state index contributed by atoms with van der Waals surface area (Å²) in [6.07, 6.45) is 0.508. The number of piperazine rings is 1. The number of nitrogens with zero attached hydrogens (tertiary/aromatic N) is 2. The van der Waals surface area contributed by atoms with Crippen molar-refractivity contribution in [2.75, 3.05) is 19.6 Å². The lowest BCUT2D eigenvalue weighted by Crippen LogP contribution is -2.51. The maximum atomic E-state index is 12.8. The lowest BCUT2D eigenvalue weighted by atomic mass is 10.1. The molecular formula is C13H20ClN3O4S. The van der Waals surface area contributed by atoms with Crippen molar-refractivity contribution < 1.29 is 13.3 Å². The zero-order valence-electron chi connectivity index (χ0n) is 12.5. The van der Waals surface area contributed by atoms with Crippen molar-refractivity contribution in [1.29, 1.82) is 0 Å². The second-order valence-electron chi connectivity index (χ2n) is 5.12. The fraction of sp³-hybridized carbons (Fsp3) is 0.538.